The maximum absolute atomic E-state index is 11.9. The van der Waals surface area contributed by atoms with Crippen molar-refractivity contribution in [1.29, 1.82) is 0 Å². The van der Waals surface area contributed by atoms with Gasteiger partial charge in [-0.25, -0.2) is 19.4 Å². The van der Waals surface area contributed by atoms with E-state index in [1.54, 1.807) is 48.5 Å². The Morgan fingerprint density at radius 3 is 1.76 bits per heavy atom. The van der Waals surface area contributed by atoms with Crippen LogP contribution in [-0.2, 0) is 23.7 Å². The summed E-state index contributed by atoms with van der Waals surface area (Å²) in [5.41, 5.74) is -1.13. The number of ether oxygens (including phenoxy) is 4. The summed E-state index contributed by atoms with van der Waals surface area (Å²) in [6.45, 7) is 15.8. The predicted octanol–water partition coefficient (Wildman–Crippen LogP) is 2.53. The Morgan fingerprint density at radius 1 is 0.862 bits per heavy atom. The Morgan fingerprint density at radius 2 is 1.34 bits per heavy atom. The Balaban J connectivity index is 4.62. The van der Waals surface area contributed by atoms with Gasteiger partial charge >= 0.3 is 18.2 Å². The number of rotatable bonds is 7. The molecule has 0 aromatic heterocycles. The summed E-state index contributed by atoms with van der Waals surface area (Å²) in [5.74, 6) is -0.622. The summed E-state index contributed by atoms with van der Waals surface area (Å²) < 4.78 is 20.5. The number of esters is 1. The molecular weight excluding hydrogens is 382 g/mol. The number of nitrogens with one attached hydrogen (secondary N) is 2. The second-order valence-corrected chi connectivity index (χ2v) is 8.01. The minimum Gasteiger partial charge on any atom is -0.460 e. The first-order valence-corrected chi connectivity index (χ1v) is 9.14. The highest BCUT2D eigenvalue weighted by Gasteiger charge is 2.21. The maximum Gasteiger partial charge on any atom is 0.414 e. The molecule has 0 aliphatic heterocycles. The van der Waals surface area contributed by atoms with Gasteiger partial charge in [0.05, 0.1) is 19.8 Å². The number of aliphatic imine (C=N–C) groups is 1. The van der Waals surface area contributed by atoms with Crippen LogP contribution in [0.25, 0.3) is 0 Å². The van der Waals surface area contributed by atoms with Crippen LogP contribution in [0.5, 0.6) is 0 Å². The van der Waals surface area contributed by atoms with Gasteiger partial charge in [0.25, 0.3) is 0 Å². The monoisotopic (exact) mass is 415 g/mol. The molecule has 0 saturated carbocycles. The third-order valence-corrected chi connectivity index (χ3v) is 2.55. The molecule has 0 spiro atoms. The van der Waals surface area contributed by atoms with Crippen LogP contribution in [0.2, 0.25) is 0 Å². The van der Waals surface area contributed by atoms with Crippen molar-refractivity contribution in [2.45, 2.75) is 59.7 Å². The molecule has 0 radical (unpaired) electrons. The van der Waals surface area contributed by atoms with Gasteiger partial charge in [-0.15, -0.1) is 0 Å². The number of hydrogen-bond acceptors (Lipinski definition) is 8. The summed E-state index contributed by atoms with van der Waals surface area (Å²) >= 11 is 0. The Labute approximate surface area is 172 Å². The molecule has 0 unspecified atom stereocenters. The van der Waals surface area contributed by atoms with Crippen LogP contribution in [-0.4, -0.2) is 61.7 Å². The molecular formula is C19H33N3O7. The quantitative estimate of drug-likeness (QED) is 0.163. The first-order valence-electron chi connectivity index (χ1n) is 9.14. The van der Waals surface area contributed by atoms with Gasteiger partial charge < -0.3 is 18.9 Å². The average molecular weight is 415 g/mol. The topological polar surface area (TPSA) is 125 Å². The fraction of sp³-hybridized carbons (Fsp3) is 0.684. The number of carbonyl (C=O) groups excluding carboxylic acids is 3. The molecule has 10 nitrogen and oxygen atoms in total. The van der Waals surface area contributed by atoms with Crippen molar-refractivity contribution in [2.24, 2.45) is 4.99 Å². The number of amides is 2. The van der Waals surface area contributed by atoms with Crippen molar-refractivity contribution in [3.8, 4) is 0 Å². The molecule has 0 aromatic carbocycles. The van der Waals surface area contributed by atoms with Gasteiger partial charge in [0.15, 0.2) is 0 Å². The molecule has 0 aromatic rings. The van der Waals surface area contributed by atoms with Crippen molar-refractivity contribution >= 4 is 24.1 Å². The third-order valence-electron chi connectivity index (χ3n) is 2.55. The molecule has 0 atom stereocenters. The van der Waals surface area contributed by atoms with E-state index < -0.39 is 29.4 Å². The summed E-state index contributed by atoms with van der Waals surface area (Å²) in [6, 6.07) is 0. The van der Waals surface area contributed by atoms with Crippen molar-refractivity contribution in [3.63, 3.8) is 0 Å². The number of nitrogens with zero attached hydrogens (tertiary/aromatic N) is 1. The lowest BCUT2D eigenvalue weighted by atomic mass is 10.2. The van der Waals surface area contributed by atoms with Crippen LogP contribution in [0, 0.1) is 0 Å². The lowest BCUT2D eigenvalue weighted by molar-refractivity contribution is -0.140. The number of alkyl carbamates (subject to hydrolysis) is 2. The Bertz CT molecular complexity index is 584. The van der Waals surface area contributed by atoms with Gasteiger partial charge in [-0.05, 0) is 48.5 Å². The Hall–Kier alpha value is -2.62. The van der Waals surface area contributed by atoms with E-state index in [1.807, 2.05) is 0 Å². The van der Waals surface area contributed by atoms with Gasteiger partial charge in [0.2, 0.25) is 5.96 Å². The molecule has 0 aliphatic rings. The van der Waals surface area contributed by atoms with Crippen LogP contribution >= 0.6 is 0 Å². The summed E-state index contributed by atoms with van der Waals surface area (Å²) in [4.78, 5) is 39.2. The smallest absolute Gasteiger partial charge is 0.414 e. The zero-order valence-corrected chi connectivity index (χ0v) is 18.3. The fourth-order valence-electron chi connectivity index (χ4n) is 1.55. The molecule has 0 aliphatic carbocycles. The average Bonchev–Trinajstić information content (AvgIpc) is 2.49. The zero-order chi connectivity index (χ0) is 22.7. The number of carbonyl (C=O) groups is 3. The van der Waals surface area contributed by atoms with Gasteiger partial charge in [-0.3, -0.25) is 10.6 Å². The van der Waals surface area contributed by atoms with Crippen LogP contribution < -0.4 is 10.6 Å². The highest BCUT2D eigenvalue weighted by molar-refractivity contribution is 6.01. The molecule has 166 valence electrons. The van der Waals surface area contributed by atoms with E-state index >= 15 is 0 Å². The minimum absolute atomic E-state index is 0.0780. The van der Waals surface area contributed by atoms with Crippen LogP contribution in [0.4, 0.5) is 9.59 Å². The van der Waals surface area contributed by atoms with Crippen LogP contribution in [0.3, 0.4) is 0 Å². The highest BCUT2D eigenvalue weighted by Crippen LogP contribution is 2.07. The predicted molar refractivity (Wildman–Crippen MR) is 108 cm³/mol. The lowest BCUT2D eigenvalue weighted by Crippen LogP contribution is -2.47. The second kappa shape index (κ2) is 12.1. The van der Waals surface area contributed by atoms with Crippen molar-refractivity contribution in [1.82, 2.24) is 10.6 Å². The molecule has 2 N–H and O–H groups in total. The lowest BCUT2D eigenvalue weighted by Gasteiger charge is -2.22. The fourth-order valence-corrected chi connectivity index (χ4v) is 1.55. The molecule has 0 heterocycles. The van der Waals surface area contributed by atoms with E-state index in [1.165, 1.54) is 0 Å². The first-order chi connectivity index (χ1) is 13.2. The standard InChI is InChI=1S/C19H33N3O7/c1-13(2)14(23)27-12-11-26-10-9-20-15(21-16(24)28-18(3,4)5)22-17(25)29-19(6,7)8/h1,9-12H2,2-8H3,(H2,20,21,22,24,25). The van der Waals surface area contributed by atoms with Gasteiger partial charge in [-0.2, -0.15) is 0 Å². The van der Waals surface area contributed by atoms with E-state index in [9.17, 15) is 14.4 Å². The van der Waals surface area contributed by atoms with Gasteiger partial charge in [0, 0.05) is 5.57 Å². The highest BCUT2D eigenvalue weighted by atomic mass is 16.6. The maximum atomic E-state index is 11.9. The number of hydrogen-bond donors (Lipinski definition) is 2. The van der Waals surface area contributed by atoms with Crippen molar-refractivity contribution < 1.29 is 33.3 Å². The van der Waals surface area contributed by atoms with Crippen LogP contribution in [0.15, 0.2) is 17.1 Å². The summed E-state index contributed by atoms with van der Waals surface area (Å²) in [7, 11) is 0. The molecule has 29 heavy (non-hydrogen) atoms. The van der Waals surface area contributed by atoms with Crippen LogP contribution in [0.1, 0.15) is 48.5 Å². The SMILES string of the molecule is C=C(C)C(=O)OCCOCCN=C(NC(=O)OC(C)(C)C)NC(=O)OC(C)(C)C. The molecule has 10 heteroatoms. The molecule has 0 saturated heterocycles. The minimum atomic E-state index is -0.778. The number of guanidine groups is 1. The molecule has 0 bridgehead atoms. The van der Waals surface area contributed by atoms with Crippen molar-refractivity contribution in [2.75, 3.05) is 26.4 Å². The van der Waals surface area contributed by atoms with E-state index in [0.29, 0.717) is 5.57 Å². The van der Waals surface area contributed by atoms with Crippen molar-refractivity contribution in [3.05, 3.63) is 12.2 Å². The third kappa shape index (κ3) is 16.1. The normalized spacial score (nSPS) is 11.1. The first kappa shape index (κ1) is 26.4. The molecule has 0 fully saturated rings. The largest absolute Gasteiger partial charge is 0.460 e. The van der Waals surface area contributed by atoms with E-state index in [0.717, 1.165) is 0 Å². The summed E-state index contributed by atoms with van der Waals surface area (Å²) in [5, 5.41) is 4.72. The van der Waals surface area contributed by atoms with E-state index in [-0.39, 0.29) is 32.3 Å². The van der Waals surface area contributed by atoms with E-state index in [4.69, 9.17) is 18.9 Å². The van der Waals surface area contributed by atoms with Gasteiger partial charge in [-0.1, -0.05) is 6.58 Å². The second-order valence-electron chi connectivity index (χ2n) is 8.01. The summed E-state index contributed by atoms with van der Waals surface area (Å²) in [6.07, 6.45) is -1.56. The molecule has 2 amide bonds. The van der Waals surface area contributed by atoms with Gasteiger partial charge in [0.1, 0.15) is 17.8 Å². The zero-order valence-electron chi connectivity index (χ0n) is 18.3. The van der Waals surface area contributed by atoms with E-state index in [2.05, 4.69) is 22.2 Å². The Kier molecular flexibility index (Phi) is 11.0. The molecule has 0 rings (SSSR count).